The SMILES string of the molecule is CCc1cn(C(C)(C)C)nn1. The zero-order valence-corrected chi connectivity index (χ0v) is 7.63. The Hall–Kier alpha value is -0.860. The number of aryl methyl sites for hydroxylation is 1. The van der Waals surface area contributed by atoms with Gasteiger partial charge in [-0.15, -0.1) is 5.10 Å². The average Bonchev–Trinajstić information content (AvgIpc) is 2.32. The molecule has 3 heteroatoms. The molecule has 3 nitrogen and oxygen atoms in total. The highest BCUT2D eigenvalue weighted by Gasteiger charge is 2.13. The van der Waals surface area contributed by atoms with Crippen molar-refractivity contribution >= 4 is 0 Å². The van der Waals surface area contributed by atoms with Crippen molar-refractivity contribution in [1.29, 1.82) is 0 Å². The molecule has 0 unspecified atom stereocenters. The Morgan fingerprint density at radius 2 is 2.09 bits per heavy atom. The first-order valence-electron chi connectivity index (χ1n) is 3.95. The molecule has 0 saturated heterocycles. The van der Waals surface area contributed by atoms with Crippen LogP contribution in [0.2, 0.25) is 0 Å². The van der Waals surface area contributed by atoms with Gasteiger partial charge < -0.3 is 0 Å². The molecule has 0 aliphatic carbocycles. The molecule has 0 radical (unpaired) electrons. The van der Waals surface area contributed by atoms with Crippen LogP contribution in [0.4, 0.5) is 0 Å². The molecule has 1 heterocycles. The molecule has 0 saturated carbocycles. The van der Waals surface area contributed by atoms with E-state index in [-0.39, 0.29) is 5.54 Å². The summed E-state index contributed by atoms with van der Waals surface area (Å²) in [6.45, 7) is 8.42. The van der Waals surface area contributed by atoms with Crippen LogP contribution in [0.1, 0.15) is 33.4 Å². The van der Waals surface area contributed by atoms with Crippen molar-refractivity contribution in [1.82, 2.24) is 15.0 Å². The van der Waals surface area contributed by atoms with E-state index in [1.807, 2.05) is 10.9 Å². The van der Waals surface area contributed by atoms with Gasteiger partial charge in [-0.05, 0) is 27.2 Å². The van der Waals surface area contributed by atoms with Crippen LogP contribution in [0.25, 0.3) is 0 Å². The maximum atomic E-state index is 4.02. The molecule has 0 spiro atoms. The Balaban J connectivity index is 2.89. The molecular weight excluding hydrogens is 138 g/mol. The molecule has 0 bridgehead atoms. The minimum Gasteiger partial charge on any atom is -0.247 e. The highest BCUT2D eigenvalue weighted by molar-refractivity contribution is 4.93. The van der Waals surface area contributed by atoms with Crippen LogP contribution in [0.3, 0.4) is 0 Å². The van der Waals surface area contributed by atoms with E-state index in [0.29, 0.717) is 0 Å². The summed E-state index contributed by atoms with van der Waals surface area (Å²) < 4.78 is 1.89. The Morgan fingerprint density at radius 1 is 1.45 bits per heavy atom. The molecule has 1 aromatic heterocycles. The fraction of sp³-hybridized carbons (Fsp3) is 0.750. The second-order valence-electron chi connectivity index (χ2n) is 3.68. The average molecular weight is 153 g/mol. The van der Waals surface area contributed by atoms with Gasteiger partial charge in [0.2, 0.25) is 0 Å². The van der Waals surface area contributed by atoms with Gasteiger partial charge in [0.1, 0.15) is 0 Å². The van der Waals surface area contributed by atoms with Crippen molar-refractivity contribution in [3.05, 3.63) is 11.9 Å². The number of hydrogen-bond acceptors (Lipinski definition) is 2. The van der Waals surface area contributed by atoms with Gasteiger partial charge in [0.25, 0.3) is 0 Å². The van der Waals surface area contributed by atoms with Crippen LogP contribution in [-0.4, -0.2) is 15.0 Å². The third-order valence-corrected chi connectivity index (χ3v) is 1.59. The monoisotopic (exact) mass is 153 g/mol. The first-order valence-corrected chi connectivity index (χ1v) is 3.95. The summed E-state index contributed by atoms with van der Waals surface area (Å²) in [7, 11) is 0. The number of rotatable bonds is 1. The molecule has 11 heavy (non-hydrogen) atoms. The Labute approximate surface area is 67.4 Å². The predicted octanol–water partition coefficient (Wildman–Crippen LogP) is 1.60. The van der Waals surface area contributed by atoms with Gasteiger partial charge in [0.05, 0.1) is 11.2 Å². The molecule has 0 fully saturated rings. The summed E-state index contributed by atoms with van der Waals surface area (Å²) in [6, 6.07) is 0. The molecule has 1 rings (SSSR count). The van der Waals surface area contributed by atoms with E-state index in [9.17, 15) is 0 Å². The maximum absolute atomic E-state index is 4.02. The summed E-state index contributed by atoms with van der Waals surface area (Å²) in [5, 5.41) is 8.04. The highest BCUT2D eigenvalue weighted by atomic mass is 15.4. The molecule has 0 N–H and O–H groups in total. The lowest BCUT2D eigenvalue weighted by Gasteiger charge is -2.17. The Kier molecular flexibility index (Phi) is 1.98. The van der Waals surface area contributed by atoms with Crippen molar-refractivity contribution < 1.29 is 0 Å². The van der Waals surface area contributed by atoms with Gasteiger partial charge in [0, 0.05) is 6.20 Å². The highest BCUT2D eigenvalue weighted by Crippen LogP contribution is 2.11. The molecule has 0 amide bonds. The van der Waals surface area contributed by atoms with E-state index in [4.69, 9.17) is 0 Å². The third kappa shape index (κ3) is 1.79. The quantitative estimate of drug-likeness (QED) is 0.613. The van der Waals surface area contributed by atoms with Crippen LogP contribution in [0, 0.1) is 0 Å². The molecule has 62 valence electrons. The largest absolute Gasteiger partial charge is 0.247 e. The maximum Gasteiger partial charge on any atom is 0.0824 e. The molecular formula is C8H15N3. The van der Waals surface area contributed by atoms with Gasteiger partial charge in [-0.1, -0.05) is 12.1 Å². The minimum absolute atomic E-state index is 0.0560. The van der Waals surface area contributed by atoms with E-state index in [1.54, 1.807) is 0 Å². The van der Waals surface area contributed by atoms with E-state index >= 15 is 0 Å². The molecule has 0 aromatic carbocycles. The van der Waals surface area contributed by atoms with E-state index < -0.39 is 0 Å². The van der Waals surface area contributed by atoms with Gasteiger partial charge >= 0.3 is 0 Å². The van der Waals surface area contributed by atoms with Crippen molar-refractivity contribution in [3.8, 4) is 0 Å². The van der Waals surface area contributed by atoms with Gasteiger partial charge in [0.15, 0.2) is 0 Å². The first kappa shape index (κ1) is 8.24. The van der Waals surface area contributed by atoms with E-state index in [1.165, 1.54) is 0 Å². The lowest BCUT2D eigenvalue weighted by atomic mass is 10.1. The van der Waals surface area contributed by atoms with Gasteiger partial charge in [-0.25, -0.2) is 4.68 Å². The van der Waals surface area contributed by atoms with E-state index in [2.05, 4.69) is 38.0 Å². The predicted molar refractivity (Wildman–Crippen MR) is 44.4 cm³/mol. The summed E-state index contributed by atoms with van der Waals surface area (Å²) in [4.78, 5) is 0. The third-order valence-electron chi connectivity index (χ3n) is 1.59. The second-order valence-corrected chi connectivity index (χ2v) is 3.68. The number of aromatic nitrogens is 3. The Bertz CT molecular complexity index is 232. The lowest BCUT2D eigenvalue weighted by molar-refractivity contribution is 0.347. The Morgan fingerprint density at radius 3 is 2.36 bits per heavy atom. The van der Waals surface area contributed by atoms with Crippen LogP contribution < -0.4 is 0 Å². The summed E-state index contributed by atoms with van der Waals surface area (Å²) in [5.74, 6) is 0. The summed E-state index contributed by atoms with van der Waals surface area (Å²) in [5.41, 5.74) is 1.11. The van der Waals surface area contributed by atoms with Crippen molar-refractivity contribution in [2.45, 2.75) is 39.7 Å². The van der Waals surface area contributed by atoms with E-state index in [0.717, 1.165) is 12.1 Å². The number of hydrogen-bond donors (Lipinski definition) is 0. The number of nitrogens with zero attached hydrogens (tertiary/aromatic N) is 3. The van der Waals surface area contributed by atoms with Gasteiger partial charge in [-0.2, -0.15) is 0 Å². The fourth-order valence-corrected chi connectivity index (χ4v) is 0.788. The standard InChI is InChI=1S/C8H15N3/c1-5-7-6-11(10-9-7)8(2,3)4/h6H,5H2,1-4H3. The van der Waals surface area contributed by atoms with Crippen LogP contribution in [0.15, 0.2) is 6.20 Å². The first-order chi connectivity index (χ1) is 5.04. The van der Waals surface area contributed by atoms with Crippen LogP contribution >= 0.6 is 0 Å². The topological polar surface area (TPSA) is 30.7 Å². The zero-order chi connectivity index (χ0) is 8.48. The zero-order valence-electron chi connectivity index (χ0n) is 7.63. The van der Waals surface area contributed by atoms with Crippen molar-refractivity contribution in [3.63, 3.8) is 0 Å². The van der Waals surface area contributed by atoms with Gasteiger partial charge in [-0.3, -0.25) is 0 Å². The molecule has 1 aromatic rings. The summed E-state index contributed by atoms with van der Waals surface area (Å²) in [6.07, 6.45) is 2.95. The fourth-order valence-electron chi connectivity index (χ4n) is 0.788. The van der Waals surface area contributed by atoms with Crippen molar-refractivity contribution in [2.24, 2.45) is 0 Å². The van der Waals surface area contributed by atoms with Crippen LogP contribution in [-0.2, 0) is 12.0 Å². The summed E-state index contributed by atoms with van der Waals surface area (Å²) >= 11 is 0. The molecule has 0 atom stereocenters. The minimum atomic E-state index is 0.0560. The van der Waals surface area contributed by atoms with Crippen molar-refractivity contribution in [2.75, 3.05) is 0 Å². The second kappa shape index (κ2) is 2.64. The smallest absolute Gasteiger partial charge is 0.0824 e. The van der Waals surface area contributed by atoms with Crippen LogP contribution in [0.5, 0.6) is 0 Å². The normalized spacial score (nSPS) is 12.0. The molecule has 0 aliphatic heterocycles. The lowest BCUT2D eigenvalue weighted by Crippen LogP contribution is -2.22. The molecule has 0 aliphatic rings.